The van der Waals surface area contributed by atoms with E-state index in [1.165, 1.54) is 11.3 Å². The number of allylic oxidation sites excluding steroid dienone is 2. The molecule has 1 N–H and O–H groups in total. The molecule has 0 spiro atoms. The minimum Gasteiger partial charge on any atom is -0.466 e. The molecule has 0 aromatic carbocycles. The Balaban J connectivity index is 2.10. The van der Waals surface area contributed by atoms with Crippen molar-refractivity contribution in [1.29, 1.82) is 0 Å². The number of nitrogens with zero attached hydrogens (tertiary/aromatic N) is 1. The van der Waals surface area contributed by atoms with Crippen LogP contribution in [0.2, 0.25) is 0 Å². The van der Waals surface area contributed by atoms with Gasteiger partial charge in [-0.1, -0.05) is 17.7 Å². The van der Waals surface area contributed by atoms with Crippen LogP contribution < -0.4 is 5.32 Å². The van der Waals surface area contributed by atoms with Crippen molar-refractivity contribution in [3.63, 3.8) is 0 Å². The normalized spacial score (nSPS) is 22.0. The van der Waals surface area contributed by atoms with E-state index in [9.17, 15) is 9.59 Å². The predicted molar refractivity (Wildman–Crippen MR) is 77.5 cm³/mol. The second kappa shape index (κ2) is 6.85. The minimum absolute atomic E-state index is 0.246. The highest BCUT2D eigenvalue weighted by Gasteiger charge is 2.37. The highest BCUT2D eigenvalue weighted by atomic mass is 35.5. The third-order valence-corrected chi connectivity index (χ3v) is 4.08. The molecule has 1 aliphatic carbocycles. The number of halogens is 1. The summed E-state index contributed by atoms with van der Waals surface area (Å²) in [5.74, 6) is -1.61. The van der Waals surface area contributed by atoms with Crippen LogP contribution in [0.15, 0.2) is 22.7 Å². The SMILES string of the molecule is CCOC(=O)[C@@H]1CC=C(Cl)C[C@@H]1C(=O)Nc1nccs1. The lowest BCUT2D eigenvalue weighted by Gasteiger charge is -2.26. The molecule has 2 atom stereocenters. The molecule has 0 saturated heterocycles. The Kier molecular flexibility index (Phi) is 5.14. The van der Waals surface area contributed by atoms with E-state index >= 15 is 0 Å². The zero-order chi connectivity index (χ0) is 14.5. The summed E-state index contributed by atoms with van der Waals surface area (Å²) in [6.07, 6.45) is 4.16. The first kappa shape index (κ1) is 15.0. The quantitative estimate of drug-likeness (QED) is 0.868. The lowest BCUT2D eigenvalue weighted by molar-refractivity contribution is -0.152. The molecule has 0 bridgehead atoms. The molecule has 5 nitrogen and oxygen atoms in total. The van der Waals surface area contributed by atoms with Gasteiger partial charge in [-0.3, -0.25) is 9.59 Å². The van der Waals surface area contributed by atoms with Gasteiger partial charge in [-0.2, -0.15) is 0 Å². The lowest BCUT2D eigenvalue weighted by Crippen LogP contribution is -2.36. The Labute approximate surface area is 126 Å². The van der Waals surface area contributed by atoms with Gasteiger partial charge in [0, 0.05) is 16.6 Å². The maximum Gasteiger partial charge on any atom is 0.310 e. The minimum atomic E-state index is -0.518. The number of esters is 1. The van der Waals surface area contributed by atoms with Crippen LogP contribution in [-0.2, 0) is 14.3 Å². The third kappa shape index (κ3) is 3.58. The van der Waals surface area contributed by atoms with Crippen LogP contribution >= 0.6 is 22.9 Å². The monoisotopic (exact) mass is 314 g/mol. The first-order valence-electron chi connectivity index (χ1n) is 6.33. The Morgan fingerprint density at radius 3 is 3.00 bits per heavy atom. The summed E-state index contributed by atoms with van der Waals surface area (Å²) >= 11 is 7.33. The molecule has 20 heavy (non-hydrogen) atoms. The van der Waals surface area contributed by atoms with Crippen LogP contribution in [0.5, 0.6) is 0 Å². The molecular formula is C13H15ClN2O3S. The summed E-state index contributed by atoms with van der Waals surface area (Å²) in [5, 5.41) is 5.60. The molecule has 0 radical (unpaired) electrons. The molecule has 7 heteroatoms. The third-order valence-electron chi connectivity index (χ3n) is 3.08. The number of rotatable bonds is 4. The fourth-order valence-corrected chi connectivity index (χ4v) is 2.91. The van der Waals surface area contributed by atoms with Crippen molar-refractivity contribution in [3.8, 4) is 0 Å². The summed E-state index contributed by atoms with van der Waals surface area (Å²) < 4.78 is 5.03. The van der Waals surface area contributed by atoms with Gasteiger partial charge >= 0.3 is 5.97 Å². The Morgan fingerprint density at radius 1 is 1.55 bits per heavy atom. The second-order valence-corrected chi connectivity index (χ2v) is 5.76. The molecule has 1 heterocycles. The summed E-state index contributed by atoms with van der Waals surface area (Å²) in [7, 11) is 0. The van der Waals surface area contributed by atoms with Gasteiger partial charge in [-0.05, 0) is 19.8 Å². The van der Waals surface area contributed by atoms with Crippen LogP contribution in [0, 0.1) is 11.8 Å². The van der Waals surface area contributed by atoms with Crippen molar-refractivity contribution in [2.75, 3.05) is 11.9 Å². The molecule has 1 aromatic heterocycles. The van der Waals surface area contributed by atoms with Crippen LogP contribution in [0.3, 0.4) is 0 Å². The van der Waals surface area contributed by atoms with Crippen LogP contribution in [-0.4, -0.2) is 23.5 Å². The topological polar surface area (TPSA) is 68.3 Å². The standard InChI is InChI=1S/C13H15ClN2O3S/c1-2-19-12(18)9-4-3-8(14)7-10(9)11(17)16-13-15-5-6-20-13/h3,5-6,9-10H,2,4,7H2,1H3,(H,15,16,17)/t9-,10+/m1/s1. The molecule has 1 aliphatic rings. The van der Waals surface area contributed by atoms with Gasteiger partial charge in [0.15, 0.2) is 5.13 Å². The highest BCUT2D eigenvalue weighted by Crippen LogP contribution is 2.33. The first-order chi connectivity index (χ1) is 9.61. The molecule has 108 valence electrons. The van der Waals surface area contributed by atoms with E-state index in [-0.39, 0.29) is 11.9 Å². The second-order valence-electron chi connectivity index (χ2n) is 4.38. The van der Waals surface area contributed by atoms with Crippen molar-refractivity contribution in [2.24, 2.45) is 11.8 Å². The number of nitrogens with one attached hydrogen (secondary N) is 1. The average molecular weight is 315 g/mol. The Morgan fingerprint density at radius 2 is 2.35 bits per heavy atom. The molecule has 0 saturated carbocycles. The highest BCUT2D eigenvalue weighted by molar-refractivity contribution is 7.13. The molecule has 2 rings (SSSR count). The van der Waals surface area contributed by atoms with Gasteiger partial charge in [0.05, 0.1) is 18.4 Å². The van der Waals surface area contributed by atoms with E-state index in [0.717, 1.165) is 0 Å². The largest absolute Gasteiger partial charge is 0.466 e. The molecule has 0 fully saturated rings. The molecule has 0 unspecified atom stereocenters. The van der Waals surface area contributed by atoms with Crippen LogP contribution in [0.25, 0.3) is 0 Å². The predicted octanol–water partition coefficient (Wildman–Crippen LogP) is 2.79. The van der Waals surface area contributed by atoms with Crippen molar-refractivity contribution in [1.82, 2.24) is 4.98 Å². The summed E-state index contributed by atoms with van der Waals surface area (Å²) in [5.41, 5.74) is 0. The zero-order valence-corrected chi connectivity index (χ0v) is 12.5. The number of carbonyl (C=O) groups excluding carboxylic acids is 2. The molecular weight excluding hydrogens is 300 g/mol. The number of aromatic nitrogens is 1. The molecule has 1 amide bonds. The van der Waals surface area contributed by atoms with E-state index in [1.807, 2.05) is 0 Å². The number of hydrogen-bond acceptors (Lipinski definition) is 5. The maximum absolute atomic E-state index is 12.3. The zero-order valence-electron chi connectivity index (χ0n) is 11.0. The van der Waals surface area contributed by atoms with Crippen LogP contribution in [0.4, 0.5) is 5.13 Å². The maximum atomic E-state index is 12.3. The number of ether oxygens (including phenoxy) is 1. The number of carbonyl (C=O) groups is 2. The molecule has 1 aromatic rings. The molecule has 0 aliphatic heterocycles. The fraction of sp³-hybridized carbons (Fsp3) is 0.462. The van der Waals surface area contributed by atoms with Gasteiger partial charge in [-0.15, -0.1) is 11.3 Å². The van der Waals surface area contributed by atoms with E-state index < -0.39 is 11.8 Å². The summed E-state index contributed by atoms with van der Waals surface area (Å²) in [6, 6.07) is 0. The van der Waals surface area contributed by atoms with Gasteiger partial charge in [0.25, 0.3) is 0 Å². The summed E-state index contributed by atoms with van der Waals surface area (Å²) in [4.78, 5) is 28.2. The number of anilines is 1. The van der Waals surface area contributed by atoms with Gasteiger partial charge in [0.2, 0.25) is 5.91 Å². The van der Waals surface area contributed by atoms with Gasteiger partial charge in [0.1, 0.15) is 0 Å². The van der Waals surface area contributed by atoms with Crippen LogP contribution in [0.1, 0.15) is 19.8 Å². The lowest BCUT2D eigenvalue weighted by atomic mass is 9.82. The van der Waals surface area contributed by atoms with E-state index in [2.05, 4.69) is 10.3 Å². The van der Waals surface area contributed by atoms with Crippen molar-refractivity contribution < 1.29 is 14.3 Å². The van der Waals surface area contributed by atoms with Crippen molar-refractivity contribution >= 4 is 39.9 Å². The van der Waals surface area contributed by atoms with Crippen molar-refractivity contribution in [2.45, 2.75) is 19.8 Å². The van der Waals surface area contributed by atoms with E-state index in [0.29, 0.717) is 29.6 Å². The summed E-state index contributed by atoms with van der Waals surface area (Å²) in [6.45, 7) is 2.04. The average Bonchev–Trinajstić information content (AvgIpc) is 2.91. The first-order valence-corrected chi connectivity index (χ1v) is 7.59. The van der Waals surface area contributed by atoms with Gasteiger partial charge in [-0.25, -0.2) is 4.98 Å². The smallest absolute Gasteiger partial charge is 0.310 e. The Bertz CT molecular complexity index is 516. The van der Waals surface area contributed by atoms with E-state index in [4.69, 9.17) is 16.3 Å². The van der Waals surface area contributed by atoms with Gasteiger partial charge < -0.3 is 10.1 Å². The fourth-order valence-electron chi connectivity index (χ4n) is 2.12. The van der Waals surface area contributed by atoms with E-state index in [1.54, 1.807) is 24.6 Å². The number of amides is 1. The van der Waals surface area contributed by atoms with Crippen molar-refractivity contribution in [3.05, 3.63) is 22.7 Å². The number of thiazole rings is 1. The Hall–Kier alpha value is -1.40. The number of hydrogen-bond donors (Lipinski definition) is 1.